The molecule has 2 N–H and O–H groups in total. The van der Waals surface area contributed by atoms with Crippen LogP contribution in [0.1, 0.15) is 32.3 Å². The number of amides is 1. The Balaban J connectivity index is 2.78. The van der Waals surface area contributed by atoms with E-state index in [1.54, 1.807) is 6.92 Å². The van der Waals surface area contributed by atoms with Crippen LogP contribution in [0.3, 0.4) is 0 Å². The van der Waals surface area contributed by atoms with Crippen LogP contribution in [-0.4, -0.2) is 30.6 Å². The molecule has 0 aliphatic carbocycles. The maximum atomic E-state index is 12.4. The highest BCUT2D eigenvalue weighted by Crippen LogP contribution is 2.24. The first-order chi connectivity index (χ1) is 9.95. The summed E-state index contributed by atoms with van der Waals surface area (Å²) in [6.07, 6.45) is 1.29. The number of carboxylic acid groups (broad SMARTS) is 1. The second-order valence-corrected chi connectivity index (χ2v) is 5.14. The van der Waals surface area contributed by atoms with Gasteiger partial charge in [-0.3, -0.25) is 9.59 Å². The van der Waals surface area contributed by atoms with Crippen LogP contribution in [0.4, 0.5) is 0 Å². The topological polar surface area (TPSA) is 75.6 Å². The van der Waals surface area contributed by atoms with Crippen LogP contribution in [-0.2, 0) is 19.9 Å². The quantitative estimate of drug-likeness (QED) is 0.770. The molecule has 116 valence electrons. The fourth-order valence-corrected chi connectivity index (χ4v) is 2.14. The first-order valence-electron chi connectivity index (χ1n) is 7.07. The lowest BCUT2D eigenvalue weighted by atomic mass is 9.94. The lowest BCUT2D eigenvalue weighted by Gasteiger charge is -2.28. The number of carboxylic acids is 1. The summed E-state index contributed by atoms with van der Waals surface area (Å²) >= 11 is 0. The van der Waals surface area contributed by atoms with Crippen molar-refractivity contribution >= 4 is 11.9 Å². The highest BCUT2D eigenvalue weighted by atomic mass is 16.5. The van der Waals surface area contributed by atoms with E-state index in [0.29, 0.717) is 6.42 Å². The van der Waals surface area contributed by atoms with Crippen molar-refractivity contribution in [1.82, 2.24) is 5.32 Å². The fraction of sp³-hybridized carbons (Fsp3) is 0.500. The minimum Gasteiger partial charge on any atom is -0.481 e. The molecule has 0 spiro atoms. The van der Waals surface area contributed by atoms with Crippen LogP contribution in [0.2, 0.25) is 0 Å². The number of hydrogen-bond acceptors (Lipinski definition) is 3. The van der Waals surface area contributed by atoms with Gasteiger partial charge in [-0.05, 0) is 18.9 Å². The third-order valence-corrected chi connectivity index (χ3v) is 3.66. The van der Waals surface area contributed by atoms with Gasteiger partial charge in [0.15, 0.2) is 5.60 Å². The molecule has 1 aromatic rings. The number of benzene rings is 1. The number of nitrogens with one attached hydrogen (secondary N) is 1. The zero-order chi connectivity index (χ0) is 15.9. The second-order valence-electron chi connectivity index (χ2n) is 5.14. The molecule has 21 heavy (non-hydrogen) atoms. The lowest BCUT2D eigenvalue weighted by molar-refractivity contribution is -0.145. The van der Waals surface area contributed by atoms with E-state index in [4.69, 9.17) is 9.84 Å². The van der Waals surface area contributed by atoms with Crippen molar-refractivity contribution < 1.29 is 19.4 Å². The Kier molecular flexibility index (Phi) is 6.37. The minimum atomic E-state index is -1.13. The summed E-state index contributed by atoms with van der Waals surface area (Å²) in [6.45, 7) is 3.70. The Morgan fingerprint density at radius 3 is 2.43 bits per heavy atom. The molecule has 1 aromatic carbocycles. The van der Waals surface area contributed by atoms with Crippen molar-refractivity contribution in [2.75, 3.05) is 13.7 Å². The van der Waals surface area contributed by atoms with E-state index in [1.807, 2.05) is 37.3 Å². The third-order valence-electron chi connectivity index (χ3n) is 3.66. The molecular formula is C16H23NO4. The Bertz CT molecular complexity index is 474. The zero-order valence-electron chi connectivity index (χ0n) is 12.8. The van der Waals surface area contributed by atoms with Gasteiger partial charge >= 0.3 is 5.97 Å². The number of aliphatic carboxylic acids is 1. The Hall–Kier alpha value is -1.88. The maximum absolute atomic E-state index is 12.4. The molecule has 0 aromatic heterocycles. The standard InChI is InChI=1S/C16H23NO4/c1-4-8-12(14(18)19)11-17-15(20)16(2,21-3)13-9-6-5-7-10-13/h5-7,9-10,12H,4,8,11H2,1-3H3,(H,17,20)(H,18,19). The average molecular weight is 293 g/mol. The van der Waals surface area contributed by atoms with E-state index in [0.717, 1.165) is 12.0 Å². The fourth-order valence-electron chi connectivity index (χ4n) is 2.14. The highest BCUT2D eigenvalue weighted by Gasteiger charge is 2.35. The van der Waals surface area contributed by atoms with Crippen LogP contribution >= 0.6 is 0 Å². The molecule has 5 nitrogen and oxygen atoms in total. The van der Waals surface area contributed by atoms with Crippen LogP contribution in [0, 0.1) is 5.92 Å². The lowest BCUT2D eigenvalue weighted by Crippen LogP contribution is -2.46. The van der Waals surface area contributed by atoms with Gasteiger partial charge in [-0.1, -0.05) is 43.7 Å². The van der Waals surface area contributed by atoms with Gasteiger partial charge < -0.3 is 15.2 Å². The first kappa shape index (κ1) is 17.2. The van der Waals surface area contributed by atoms with Gasteiger partial charge in [0.05, 0.1) is 5.92 Å². The largest absolute Gasteiger partial charge is 0.481 e. The number of rotatable bonds is 8. The molecule has 0 saturated heterocycles. The van der Waals surface area contributed by atoms with E-state index in [2.05, 4.69) is 5.32 Å². The summed E-state index contributed by atoms with van der Waals surface area (Å²) < 4.78 is 5.38. The van der Waals surface area contributed by atoms with Gasteiger partial charge in [0.2, 0.25) is 0 Å². The van der Waals surface area contributed by atoms with E-state index >= 15 is 0 Å². The van der Waals surface area contributed by atoms with Crippen LogP contribution in [0.15, 0.2) is 30.3 Å². The number of ether oxygens (including phenoxy) is 1. The molecule has 0 radical (unpaired) electrons. The summed E-state index contributed by atoms with van der Waals surface area (Å²) in [7, 11) is 1.47. The van der Waals surface area contributed by atoms with E-state index in [9.17, 15) is 9.59 Å². The van der Waals surface area contributed by atoms with E-state index in [-0.39, 0.29) is 12.5 Å². The number of methoxy groups -OCH3 is 1. The minimum absolute atomic E-state index is 0.105. The summed E-state index contributed by atoms with van der Waals surface area (Å²) in [5.41, 5.74) is -0.399. The molecule has 0 aliphatic heterocycles. The van der Waals surface area contributed by atoms with Gasteiger partial charge in [0.25, 0.3) is 5.91 Å². The Labute approximate surface area is 125 Å². The number of hydrogen-bond donors (Lipinski definition) is 2. The van der Waals surface area contributed by atoms with Crippen molar-refractivity contribution in [3.05, 3.63) is 35.9 Å². The average Bonchev–Trinajstić information content (AvgIpc) is 2.50. The molecule has 2 unspecified atom stereocenters. The predicted molar refractivity (Wildman–Crippen MR) is 79.8 cm³/mol. The summed E-state index contributed by atoms with van der Waals surface area (Å²) in [5.74, 6) is -1.80. The molecule has 0 aliphatic rings. The molecule has 0 bridgehead atoms. The Morgan fingerprint density at radius 2 is 1.95 bits per heavy atom. The summed E-state index contributed by atoms with van der Waals surface area (Å²) in [4.78, 5) is 23.5. The van der Waals surface area contributed by atoms with Gasteiger partial charge in [0.1, 0.15) is 0 Å². The van der Waals surface area contributed by atoms with Crippen molar-refractivity contribution in [3.63, 3.8) is 0 Å². The van der Waals surface area contributed by atoms with Gasteiger partial charge in [-0.25, -0.2) is 0 Å². The van der Waals surface area contributed by atoms with Gasteiger partial charge in [-0.15, -0.1) is 0 Å². The van der Waals surface area contributed by atoms with Crippen LogP contribution < -0.4 is 5.32 Å². The molecule has 1 rings (SSSR count). The monoisotopic (exact) mass is 293 g/mol. The highest BCUT2D eigenvalue weighted by molar-refractivity contribution is 5.86. The van der Waals surface area contributed by atoms with Crippen LogP contribution in [0.5, 0.6) is 0 Å². The third kappa shape index (κ3) is 4.29. The zero-order valence-corrected chi connectivity index (χ0v) is 12.8. The second kappa shape index (κ2) is 7.78. The molecule has 0 saturated carbocycles. The molecule has 1 amide bonds. The molecular weight excluding hydrogens is 270 g/mol. The molecule has 2 atom stereocenters. The van der Waals surface area contributed by atoms with Crippen molar-refractivity contribution in [1.29, 1.82) is 0 Å². The summed E-state index contributed by atoms with van der Waals surface area (Å²) in [5, 5.41) is 11.8. The molecule has 0 fully saturated rings. The number of carbonyl (C=O) groups excluding carboxylic acids is 1. The SMILES string of the molecule is CCCC(CNC(=O)C(C)(OC)c1ccccc1)C(=O)O. The van der Waals surface area contributed by atoms with E-state index < -0.39 is 17.5 Å². The predicted octanol–water partition coefficient (Wildman–Crippen LogP) is 2.17. The van der Waals surface area contributed by atoms with Crippen molar-refractivity contribution in [2.24, 2.45) is 5.92 Å². The normalized spacial score (nSPS) is 15.0. The number of carbonyl (C=O) groups is 2. The first-order valence-corrected chi connectivity index (χ1v) is 7.07. The smallest absolute Gasteiger partial charge is 0.308 e. The van der Waals surface area contributed by atoms with Gasteiger partial charge in [-0.2, -0.15) is 0 Å². The van der Waals surface area contributed by atoms with Crippen molar-refractivity contribution in [3.8, 4) is 0 Å². The molecule has 0 heterocycles. The van der Waals surface area contributed by atoms with E-state index in [1.165, 1.54) is 7.11 Å². The van der Waals surface area contributed by atoms with Crippen LogP contribution in [0.25, 0.3) is 0 Å². The van der Waals surface area contributed by atoms with Crippen molar-refractivity contribution in [2.45, 2.75) is 32.3 Å². The summed E-state index contributed by atoms with van der Waals surface area (Å²) in [6, 6.07) is 9.14. The Morgan fingerprint density at radius 1 is 1.33 bits per heavy atom. The molecule has 5 heteroatoms. The van der Waals surface area contributed by atoms with Gasteiger partial charge in [0, 0.05) is 13.7 Å². The maximum Gasteiger partial charge on any atom is 0.308 e.